The first-order valence-electron chi connectivity index (χ1n) is 4.06. The molecule has 14 heavy (non-hydrogen) atoms. The highest BCUT2D eigenvalue weighted by molar-refractivity contribution is 7.79. The molecule has 1 heterocycles. The summed E-state index contributed by atoms with van der Waals surface area (Å²) in [6.45, 7) is 0. The van der Waals surface area contributed by atoms with Gasteiger partial charge in [0.05, 0.1) is 5.56 Å². The van der Waals surface area contributed by atoms with E-state index in [1.807, 2.05) is 11.4 Å². The predicted octanol–water partition coefficient (Wildman–Crippen LogP) is 3.03. The van der Waals surface area contributed by atoms with Crippen molar-refractivity contribution in [3.05, 3.63) is 34.7 Å². The molecule has 1 aromatic carbocycles. The van der Waals surface area contributed by atoms with Crippen molar-refractivity contribution in [2.24, 2.45) is 0 Å². The molecule has 4 heteroatoms. The van der Waals surface area contributed by atoms with E-state index in [0.29, 0.717) is 11.3 Å². The molecule has 0 fully saturated rings. The fourth-order valence-corrected chi connectivity index (χ4v) is 2.67. The van der Waals surface area contributed by atoms with Crippen LogP contribution in [0.1, 0.15) is 15.9 Å². The lowest BCUT2D eigenvalue weighted by molar-refractivity contribution is 0.0697. The van der Waals surface area contributed by atoms with Crippen LogP contribution >= 0.6 is 24.0 Å². The number of thiol groups is 1. The van der Waals surface area contributed by atoms with E-state index in [2.05, 4.69) is 12.6 Å². The lowest BCUT2D eigenvalue weighted by Crippen LogP contribution is -1.94. The Morgan fingerprint density at radius 1 is 1.50 bits per heavy atom. The lowest BCUT2D eigenvalue weighted by Gasteiger charge is -1.96. The van der Waals surface area contributed by atoms with Crippen molar-refractivity contribution in [3.8, 4) is 0 Å². The molecule has 2 nitrogen and oxygen atoms in total. The molecule has 2 aromatic rings. The van der Waals surface area contributed by atoms with Crippen molar-refractivity contribution in [2.75, 3.05) is 0 Å². The standard InChI is InChI=1S/C10H8O2S2/c11-10(12)6-1-2-9-8(3-6)7(4-13)5-14-9/h1-3,5,13H,4H2,(H,11,12). The third-order valence-electron chi connectivity index (χ3n) is 2.07. The molecule has 0 unspecified atom stereocenters. The molecule has 0 saturated carbocycles. The second kappa shape index (κ2) is 3.63. The van der Waals surface area contributed by atoms with Crippen molar-refractivity contribution in [1.82, 2.24) is 0 Å². The van der Waals surface area contributed by atoms with E-state index in [4.69, 9.17) is 5.11 Å². The SMILES string of the molecule is O=C(O)c1ccc2scc(CS)c2c1. The van der Waals surface area contributed by atoms with Crippen LogP contribution in [-0.4, -0.2) is 11.1 Å². The molecule has 1 N–H and O–H groups in total. The summed E-state index contributed by atoms with van der Waals surface area (Å²) in [6, 6.07) is 5.18. The Balaban J connectivity index is 2.67. The van der Waals surface area contributed by atoms with Gasteiger partial charge in [0, 0.05) is 10.5 Å². The molecular formula is C10H8O2S2. The summed E-state index contributed by atoms with van der Waals surface area (Å²) < 4.78 is 1.11. The molecule has 0 bridgehead atoms. The minimum absolute atomic E-state index is 0.332. The van der Waals surface area contributed by atoms with Crippen LogP contribution in [0.15, 0.2) is 23.6 Å². The van der Waals surface area contributed by atoms with Gasteiger partial charge in [0.2, 0.25) is 0 Å². The van der Waals surface area contributed by atoms with E-state index < -0.39 is 5.97 Å². The van der Waals surface area contributed by atoms with E-state index in [0.717, 1.165) is 15.6 Å². The number of carboxylic acid groups (broad SMARTS) is 1. The lowest BCUT2D eigenvalue weighted by atomic mass is 10.1. The minimum Gasteiger partial charge on any atom is -0.478 e. The first-order chi connectivity index (χ1) is 6.72. The summed E-state index contributed by atoms with van der Waals surface area (Å²) in [6.07, 6.45) is 0. The zero-order chi connectivity index (χ0) is 10.1. The van der Waals surface area contributed by atoms with Gasteiger partial charge in [-0.15, -0.1) is 11.3 Å². The zero-order valence-electron chi connectivity index (χ0n) is 7.23. The average molecular weight is 224 g/mol. The number of thiophene rings is 1. The molecule has 0 aliphatic carbocycles. The van der Waals surface area contributed by atoms with Gasteiger partial charge in [-0.1, -0.05) is 0 Å². The van der Waals surface area contributed by atoms with Crippen LogP contribution in [0.25, 0.3) is 10.1 Å². The first kappa shape index (κ1) is 9.55. The quantitative estimate of drug-likeness (QED) is 0.769. The van der Waals surface area contributed by atoms with Crippen LogP contribution in [0.4, 0.5) is 0 Å². The van der Waals surface area contributed by atoms with Crippen molar-refractivity contribution in [1.29, 1.82) is 0 Å². The molecule has 0 aliphatic heterocycles. The number of carbonyl (C=O) groups is 1. The van der Waals surface area contributed by atoms with E-state index in [-0.39, 0.29) is 0 Å². The van der Waals surface area contributed by atoms with Gasteiger partial charge in [-0.2, -0.15) is 12.6 Å². The van der Waals surface area contributed by atoms with Gasteiger partial charge in [-0.25, -0.2) is 4.79 Å². The van der Waals surface area contributed by atoms with Crippen LogP contribution in [0, 0.1) is 0 Å². The summed E-state index contributed by atoms with van der Waals surface area (Å²) in [5.41, 5.74) is 1.43. The summed E-state index contributed by atoms with van der Waals surface area (Å²) in [7, 11) is 0. The van der Waals surface area contributed by atoms with Gasteiger partial charge >= 0.3 is 5.97 Å². The Morgan fingerprint density at radius 3 is 2.93 bits per heavy atom. The van der Waals surface area contributed by atoms with Crippen LogP contribution in [0.5, 0.6) is 0 Å². The van der Waals surface area contributed by atoms with E-state index in [1.165, 1.54) is 0 Å². The third kappa shape index (κ3) is 1.51. The van der Waals surface area contributed by atoms with E-state index in [1.54, 1.807) is 23.5 Å². The predicted molar refractivity (Wildman–Crippen MR) is 61.5 cm³/mol. The fourth-order valence-electron chi connectivity index (χ4n) is 1.34. The molecule has 0 spiro atoms. The largest absolute Gasteiger partial charge is 0.478 e. The molecule has 72 valence electrons. The Labute approximate surface area is 90.6 Å². The topological polar surface area (TPSA) is 37.3 Å². The second-order valence-electron chi connectivity index (χ2n) is 2.94. The molecular weight excluding hydrogens is 216 g/mol. The molecule has 1 aromatic heterocycles. The molecule has 0 amide bonds. The number of fused-ring (bicyclic) bond motifs is 1. The maximum absolute atomic E-state index is 10.8. The van der Waals surface area contributed by atoms with E-state index >= 15 is 0 Å². The number of aromatic carboxylic acids is 1. The highest BCUT2D eigenvalue weighted by Crippen LogP contribution is 2.27. The van der Waals surface area contributed by atoms with Gasteiger partial charge in [-0.05, 0) is 34.5 Å². The second-order valence-corrected chi connectivity index (χ2v) is 4.16. The fraction of sp³-hybridized carbons (Fsp3) is 0.100. The summed E-state index contributed by atoms with van der Waals surface area (Å²) in [5.74, 6) is -0.244. The highest BCUT2D eigenvalue weighted by atomic mass is 32.1. The number of rotatable bonds is 2. The van der Waals surface area contributed by atoms with Gasteiger partial charge in [0.25, 0.3) is 0 Å². The van der Waals surface area contributed by atoms with E-state index in [9.17, 15) is 4.79 Å². The Bertz CT molecular complexity index is 488. The first-order valence-corrected chi connectivity index (χ1v) is 5.58. The van der Waals surface area contributed by atoms with Gasteiger partial charge in [0.15, 0.2) is 0 Å². The van der Waals surface area contributed by atoms with Crippen molar-refractivity contribution in [3.63, 3.8) is 0 Å². The Morgan fingerprint density at radius 2 is 2.29 bits per heavy atom. The third-order valence-corrected chi connectivity index (χ3v) is 3.42. The summed E-state index contributed by atoms with van der Waals surface area (Å²) >= 11 is 5.81. The Hall–Kier alpha value is -1.00. The van der Waals surface area contributed by atoms with Gasteiger partial charge < -0.3 is 5.11 Å². The van der Waals surface area contributed by atoms with Crippen molar-refractivity contribution >= 4 is 40.0 Å². The number of carboxylic acids is 1. The molecule has 0 aliphatic rings. The normalized spacial score (nSPS) is 10.6. The van der Waals surface area contributed by atoms with Crippen LogP contribution in [0.2, 0.25) is 0 Å². The maximum atomic E-state index is 10.8. The maximum Gasteiger partial charge on any atom is 0.335 e. The van der Waals surface area contributed by atoms with Crippen molar-refractivity contribution < 1.29 is 9.90 Å². The number of hydrogen-bond donors (Lipinski definition) is 2. The number of benzene rings is 1. The monoisotopic (exact) mass is 224 g/mol. The summed E-state index contributed by atoms with van der Waals surface area (Å²) in [4.78, 5) is 10.8. The molecule has 2 rings (SSSR count). The molecule has 0 saturated heterocycles. The summed E-state index contributed by atoms with van der Waals surface area (Å²) in [5, 5.41) is 11.9. The average Bonchev–Trinajstić information content (AvgIpc) is 2.59. The molecule has 0 atom stereocenters. The van der Waals surface area contributed by atoms with Crippen LogP contribution in [0.3, 0.4) is 0 Å². The smallest absolute Gasteiger partial charge is 0.335 e. The molecule has 0 radical (unpaired) electrons. The number of hydrogen-bond acceptors (Lipinski definition) is 3. The Kier molecular flexibility index (Phi) is 2.48. The zero-order valence-corrected chi connectivity index (χ0v) is 8.94. The van der Waals surface area contributed by atoms with Crippen LogP contribution < -0.4 is 0 Å². The van der Waals surface area contributed by atoms with Gasteiger partial charge in [-0.3, -0.25) is 0 Å². The highest BCUT2D eigenvalue weighted by Gasteiger charge is 2.07. The van der Waals surface area contributed by atoms with Gasteiger partial charge in [0.1, 0.15) is 0 Å². The van der Waals surface area contributed by atoms with Crippen LogP contribution in [-0.2, 0) is 5.75 Å². The van der Waals surface area contributed by atoms with Crippen molar-refractivity contribution in [2.45, 2.75) is 5.75 Å². The minimum atomic E-state index is -0.886.